The maximum absolute atomic E-state index is 12.8. The van der Waals surface area contributed by atoms with Crippen molar-refractivity contribution >= 4 is 12.4 Å². The first-order valence-corrected chi connectivity index (χ1v) is 6.07. The second kappa shape index (κ2) is 8.32. The predicted octanol–water partition coefficient (Wildman–Crippen LogP) is 4.54. The van der Waals surface area contributed by atoms with Crippen LogP contribution in [0.4, 0.5) is 17.6 Å². The van der Waals surface area contributed by atoms with Gasteiger partial charge in [0.25, 0.3) is 0 Å². The van der Waals surface area contributed by atoms with Crippen molar-refractivity contribution in [2.24, 2.45) is 5.73 Å². The van der Waals surface area contributed by atoms with Gasteiger partial charge in [0.1, 0.15) is 5.75 Å². The molecule has 1 atom stereocenters. The monoisotopic (exact) mass is 315 g/mol. The number of benzene rings is 1. The van der Waals surface area contributed by atoms with Gasteiger partial charge in [0.15, 0.2) is 0 Å². The summed E-state index contributed by atoms with van der Waals surface area (Å²) in [6.45, 7) is 2.01. The maximum atomic E-state index is 12.8. The number of unbranched alkanes of at least 4 members (excludes halogenated alkanes) is 1. The van der Waals surface area contributed by atoms with Crippen LogP contribution >= 0.6 is 12.4 Å². The minimum atomic E-state index is -4.49. The van der Waals surface area contributed by atoms with Crippen molar-refractivity contribution in [3.63, 3.8) is 0 Å². The molecular formula is C13H18ClF4NO. The van der Waals surface area contributed by atoms with Crippen LogP contribution in [0.5, 0.6) is 5.75 Å². The van der Waals surface area contributed by atoms with Gasteiger partial charge in [-0.25, -0.2) is 0 Å². The molecule has 116 valence electrons. The normalized spacial score (nSPS) is 12.9. The van der Waals surface area contributed by atoms with Gasteiger partial charge < -0.3 is 10.5 Å². The molecule has 0 aromatic heterocycles. The predicted molar refractivity (Wildman–Crippen MR) is 71.7 cm³/mol. The van der Waals surface area contributed by atoms with E-state index in [9.17, 15) is 17.6 Å². The lowest BCUT2D eigenvalue weighted by Gasteiger charge is -2.18. The molecule has 0 aliphatic heterocycles. The minimum Gasteiger partial charge on any atom is -0.428 e. The fourth-order valence-electron chi connectivity index (χ4n) is 1.60. The van der Waals surface area contributed by atoms with Gasteiger partial charge in [-0.3, -0.25) is 0 Å². The molecule has 2 nitrogen and oxygen atoms in total. The Balaban J connectivity index is 0.00000361. The molecule has 0 saturated carbocycles. The number of hydrogen-bond acceptors (Lipinski definition) is 2. The molecule has 1 rings (SSSR count). The summed E-state index contributed by atoms with van der Waals surface area (Å²) in [5.41, 5.74) is 6.48. The van der Waals surface area contributed by atoms with Crippen LogP contribution in [0.15, 0.2) is 24.3 Å². The summed E-state index contributed by atoms with van der Waals surface area (Å²) in [5, 5.41) is 0. The fraction of sp³-hybridized carbons (Fsp3) is 0.538. The summed E-state index contributed by atoms with van der Waals surface area (Å²) < 4.78 is 53.6. The van der Waals surface area contributed by atoms with Crippen molar-refractivity contribution in [3.05, 3.63) is 29.8 Å². The van der Waals surface area contributed by atoms with E-state index in [2.05, 4.69) is 4.74 Å². The molecule has 1 aromatic rings. The van der Waals surface area contributed by atoms with Crippen LogP contribution in [0.25, 0.3) is 0 Å². The molecule has 0 aliphatic carbocycles. The summed E-state index contributed by atoms with van der Waals surface area (Å²) in [6.07, 6.45) is -5.80. The molecule has 0 unspecified atom stereocenters. The van der Waals surface area contributed by atoms with Crippen LogP contribution in [-0.2, 0) is 0 Å². The number of ether oxygens (including phenoxy) is 1. The first-order valence-electron chi connectivity index (χ1n) is 6.07. The van der Waals surface area contributed by atoms with E-state index in [1.807, 2.05) is 6.92 Å². The molecule has 0 radical (unpaired) electrons. The molecule has 0 fully saturated rings. The highest BCUT2D eigenvalue weighted by molar-refractivity contribution is 5.85. The topological polar surface area (TPSA) is 35.2 Å². The summed E-state index contributed by atoms with van der Waals surface area (Å²) in [7, 11) is 0. The Bertz CT molecular complexity index is 404. The van der Waals surface area contributed by atoms with E-state index in [1.54, 1.807) is 6.07 Å². The third kappa shape index (κ3) is 5.54. The third-order valence-corrected chi connectivity index (χ3v) is 2.66. The van der Waals surface area contributed by atoms with Crippen LogP contribution in [-0.4, -0.2) is 12.5 Å². The highest BCUT2D eigenvalue weighted by Gasteiger charge is 2.43. The van der Waals surface area contributed by atoms with Crippen molar-refractivity contribution in [1.29, 1.82) is 0 Å². The Hall–Kier alpha value is -1.01. The number of hydrogen-bond donors (Lipinski definition) is 1. The Morgan fingerprint density at radius 1 is 1.30 bits per heavy atom. The zero-order valence-electron chi connectivity index (χ0n) is 11.0. The van der Waals surface area contributed by atoms with Gasteiger partial charge in [-0.2, -0.15) is 17.6 Å². The summed E-state index contributed by atoms with van der Waals surface area (Å²) in [4.78, 5) is 0. The fourth-order valence-corrected chi connectivity index (χ4v) is 1.60. The zero-order valence-corrected chi connectivity index (χ0v) is 11.8. The van der Waals surface area contributed by atoms with E-state index in [0.29, 0.717) is 12.0 Å². The van der Waals surface area contributed by atoms with Crippen LogP contribution in [0.1, 0.15) is 37.8 Å². The van der Waals surface area contributed by atoms with E-state index in [0.717, 1.165) is 12.8 Å². The van der Waals surface area contributed by atoms with Crippen molar-refractivity contribution in [1.82, 2.24) is 0 Å². The van der Waals surface area contributed by atoms with Crippen molar-refractivity contribution in [3.8, 4) is 5.75 Å². The SMILES string of the molecule is CCCC[C@H](N)c1cccc(OC(F)(F)C(F)F)c1.Cl. The average molecular weight is 316 g/mol. The number of nitrogens with two attached hydrogens (primary N) is 1. The van der Waals surface area contributed by atoms with Crippen LogP contribution in [0.3, 0.4) is 0 Å². The first kappa shape index (κ1) is 19.0. The lowest BCUT2D eigenvalue weighted by molar-refractivity contribution is -0.253. The summed E-state index contributed by atoms with van der Waals surface area (Å²) >= 11 is 0. The molecule has 0 heterocycles. The van der Waals surface area contributed by atoms with Crippen molar-refractivity contribution in [2.75, 3.05) is 0 Å². The van der Waals surface area contributed by atoms with Gasteiger partial charge in [-0.05, 0) is 24.1 Å². The minimum absolute atomic E-state index is 0. The van der Waals surface area contributed by atoms with E-state index in [4.69, 9.17) is 5.73 Å². The van der Waals surface area contributed by atoms with Gasteiger partial charge >= 0.3 is 12.5 Å². The molecule has 7 heteroatoms. The van der Waals surface area contributed by atoms with Gasteiger partial charge in [0.05, 0.1) is 0 Å². The Morgan fingerprint density at radius 2 is 1.95 bits per heavy atom. The van der Waals surface area contributed by atoms with Crippen LogP contribution in [0.2, 0.25) is 0 Å². The smallest absolute Gasteiger partial charge is 0.428 e. The molecule has 0 saturated heterocycles. The van der Waals surface area contributed by atoms with Crippen LogP contribution < -0.4 is 10.5 Å². The van der Waals surface area contributed by atoms with E-state index < -0.39 is 12.5 Å². The van der Waals surface area contributed by atoms with Crippen molar-refractivity contribution in [2.45, 2.75) is 44.8 Å². The second-order valence-corrected chi connectivity index (χ2v) is 4.29. The number of rotatable bonds is 7. The molecule has 2 N–H and O–H groups in total. The molecule has 1 aromatic carbocycles. The Labute approximate surface area is 121 Å². The Morgan fingerprint density at radius 3 is 2.50 bits per heavy atom. The molecule has 0 spiro atoms. The lowest BCUT2D eigenvalue weighted by Crippen LogP contribution is -2.33. The van der Waals surface area contributed by atoms with Gasteiger partial charge in [-0.15, -0.1) is 12.4 Å². The van der Waals surface area contributed by atoms with E-state index in [1.165, 1.54) is 18.2 Å². The number of halogens is 5. The van der Waals surface area contributed by atoms with Crippen molar-refractivity contribution < 1.29 is 22.3 Å². The molecule has 0 aliphatic rings. The molecule has 20 heavy (non-hydrogen) atoms. The first-order chi connectivity index (χ1) is 8.86. The summed E-state index contributed by atoms with van der Waals surface area (Å²) in [6, 6.07) is 5.28. The standard InChI is InChI=1S/C13H17F4NO.ClH/c1-2-3-7-11(18)9-5-4-6-10(8-9)19-13(16,17)12(14)15;/h4-6,8,11-12H,2-3,7,18H2,1H3;1H/t11-;/m0./s1. The Kier molecular flexibility index (Phi) is 7.90. The highest BCUT2D eigenvalue weighted by atomic mass is 35.5. The highest BCUT2D eigenvalue weighted by Crippen LogP contribution is 2.29. The second-order valence-electron chi connectivity index (χ2n) is 4.29. The quantitative estimate of drug-likeness (QED) is 0.750. The lowest BCUT2D eigenvalue weighted by atomic mass is 10.0. The van der Waals surface area contributed by atoms with Gasteiger partial charge in [0, 0.05) is 6.04 Å². The largest absolute Gasteiger partial charge is 0.461 e. The average Bonchev–Trinajstić information content (AvgIpc) is 2.35. The molecule has 0 amide bonds. The zero-order chi connectivity index (χ0) is 14.5. The summed E-state index contributed by atoms with van der Waals surface area (Å²) in [5.74, 6) is -0.310. The maximum Gasteiger partial charge on any atom is 0.461 e. The molecule has 0 bridgehead atoms. The van der Waals surface area contributed by atoms with Gasteiger partial charge in [0.2, 0.25) is 0 Å². The van der Waals surface area contributed by atoms with E-state index in [-0.39, 0.29) is 24.2 Å². The van der Waals surface area contributed by atoms with E-state index >= 15 is 0 Å². The molecular weight excluding hydrogens is 298 g/mol. The van der Waals surface area contributed by atoms with Crippen LogP contribution in [0, 0.1) is 0 Å². The third-order valence-electron chi connectivity index (χ3n) is 2.66. The van der Waals surface area contributed by atoms with Gasteiger partial charge in [-0.1, -0.05) is 31.9 Å². The number of alkyl halides is 4.